The molecule has 4 heteroatoms. The van der Waals surface area contributed by atoms with Crippen molar-refractivity contribution in [3.8, 4) is 0 Å². The molecule has 1 amide bonds. The molecule has 0 spiro atoms. The third-order valence-electron chi connectivity index (χ3n) is 5.52. The Hall–Kier alpha value is -1.39. The Bertz CT molecular complexity index is 503. The van der Waals surface area contributed by atoms with E-state index in [1.165, 1.54) is 37.7 Å². The number of amides is 1. The highest BCUT2D eigenvalue weighted by atomic mass is 16.1. The van der Waals surface area contributed by atoms with E-state index in [9.17, 15) is 4.79 Å². The van der Waals surface area contributed by atoms with Gasteiger partial charge < -0.3 is 11.1 Å². The van der Waals surface area contributed by atoms with Crippen molar-refractivity contribution in [3.05, 3.63) is 35.9 Å². The van der Waals surface area contributed by atoms with Gasteiger partial charge in [-0.15, -0.1) is 0 Å². The smallest absolute Gasteiger partial charge is 0.237 e. The summed E-state index contributed by atoms with van der Waals surface area (Å²) in [5.41, 5.74) is 6.64. The zero-order valence-electron chi connectivity index (χ0n) is 14.0. The maximum atomic E-state index is 12.2. The van der Waals surface area contributed by atoms with Gasteiger partial charge in [-0.05, 0) is 31.2 Å². The summed E-state index contributed by atoms with van der Waals surface area (Å²) in [6, 6.07) is 11.0. The number of rotatable bonds is 5. The van der Waals surface area contributed by atoms with Crippen LogP contribution in [-0.4, -0.2) is 35.5 Å². The van der Waals surface area contributed by atoms with Crippen LogP contribution in [0.2, 0.25) is 0 Å². The van der Waals surface area contributed by atoms with Crippen LogP contribution in [-0.2, 0) is 11.3 Å². The number of nitrogens with one attached hydrogen (secondary N) is 1. The lowest BCUT2D eigenvalue weighted by atomic mass is 9.83. The van der Waals surface area contributed by atoms with Crippen LogP contribution in [0.5, 0.6) is 0 Å². The van der Waals surface area contributed by atoms with E-state index in [1.54, 1.807) is 0 Å². The van der Waals surface area contributed by atoms with Crippen LogP contribution in [0.15, 0.2) is 30.3 Å². The van der Waals surface area contributed by atoms with Crippen LogP contribution in [0.4, 0.5) is 0 Å². The van der Waals surface area contributed by atoms with Crippen LogP contribution in [0.1, 0.15) is 50.5 Å². The van der Waals surface area contributed by atoms with Crippen molar-refractivity contribution in [2.75, 3.05) is 13.1 Å². The molecule has 0 bridgehead atoms. The Morgan fingerprint density at radius 1 is 1.13 bits per heavy atom. The highest BCUT2D eigenvalue weighted by Gasteiger charge is 2.41. The van der Waals surface area contributed by atoms with E-state index < -0.39 is 5.54 Å². The molecule has 0 aromatic heterocycles. The fourth-order valence-electron chi connectivity index (χ4n) is 4.03. The molecule has 1 aliphatic carbocycles. The minimum atomic E-state index is -0.491. The Balaban J connectivity index is 1.58. The lowest BCUT2D eigenvalue weighted by molar-refractivity contribution is -0.127. The number of nitrogens with two attached hydrogens (primary N) is 1. The van der Waals surface area contributed by atoms with Gasteiger partial charge >= 0.3 is 0 Å². The quantitative estimate of drug-likeness (QED) is 0.877. The molecule has 0 atom stereocenters. The molecule has 0 unspecified atom stereocenters. The number of benzene rings is 1. The Morgan fingerprint density at radius 3 is 2.39 bits per heavy atom. The van der Waals surface area contributed by atoms with Gasteiger partial charge in [-0.3, -0.25) is 9.69 Å². The Morgan fingerprint density at radius 2 is 1.78 bits per heavy atom. The number of hydrogen-bond acceptors (Lipinski definition) is 3. The van der Waals surface area contributed by atoms with E-state index in [4.69, 9.17) is 5.73 Å². The number of likely N-dealkylation sites (tertiary alicyclic amines) is 1. The van der Waals surface area contributed by atoms with Crippen molar-refractivity contribution >= 4 is 5.91 Å². The molecule has 2 fully saturated rings. The summed E-state index contributed by atoms with van der Waals surface area (Å²) in [6.07, 6.45) is 7.88. The highest BCUT2D eigenvalue weighted by molar-refractivity contribution is 5.84. The maximum Gasteiger partial charge on any atom is 0.237 e. The Kier molecular flexibility index (Phi) is 5.34. The lowest BCUT2D eigenvalue weighted by Crippen LogP contribution is -2.63. The number of primary amides is 1. The largest absolute Gasteiger partial charge is 0.368 e. The standard InChI is InChI=1S/C19H29N3O/c20-18(23)19(21-17-9-5-2-6-10-17)11-13-22(14-12-19)15-16-7-3-1-4-8-16/h1,3-4,7-8,17,21H,2,5-6,9-15H2,(H2,20,23). The zero-order chi connectivity index (χ0) is 16.1. The van der Waals surface area contributed by atoms with Gasteiger partial charge in [0.1, 0.15) is 5.54 Å². The van der Waals surface area contributed by atoms with Crippen LogP contribution in [0.3, 0.4) is 0 Å². The van der Waals surface area contributed by atoms with Crippen molar-refractivity contribution in [2.45, 2.75) is 63.1 Å². The molecule has 1 aliphatic heterocycles. The van der Waals surface area contributed by atoms with Crippen LogP contribution < -0.4 is 11.1 Å². The molecule has 1 saturated carbocycles. The van der Waals surface area contributed by atoms with E-state index in [1.807, 2.05) is 6.07 Å². The molecule has 1 aromatic rings. The monoisotopic (exact) mass is 315 g/mol. The first-order valence-electron chi connectivity index (χ1n) is 9.02. The fraction of sp³-hybridized carbons (Fsp3) is 0.632. The molecule has 3 rings (SSSR count). The number of piperidine rings is 1. The molecular formula is C19H29N3O. The molecule has 0 radical (unpaired) electrons. The van der Waals surface area contributed by atoms with Gasteiger partial charge in [0.15, 0.2) is 0 Å². The van der Waals surface area contributed by atoms with Gasteiger partial charge in [0, 0.05) is 25.7 Å². The predicted octanol–water partition coefficient (Wildman–Crippen LogP) is 2.43. The summed E-state index contributed by atoms with van der Waals surface area (Å²) < 4.78 is 0. The molecular weight excluding hydrogens is 286 g/mol. The predicted molar refractivity (Wildman–Crippen MR) is 92.9 cm³/mol. The van der Waals surface area contributed by atoms with E-state index in [-0.39, 0.29) is 5.91 Å². The van der Waals surface area contributed by atoms with Crippen molar-refractivity contribution in [3.63, 3.8) is 0 Å². The summed E-state index contributed by atoms with van der Waals surface area (Å²) in [7, 11) is 0. The van der Waals surface area contributed by atoms with E-state index in [2.05, 4.69) is 34.5 Å². The first kappa shape index (κ1) is 16.5. The molecule has 4 nitrogen and oxygen atoms in total. The first-order chi connectivity index (χ1) is 11.2. The number of hydrogen-bond donors (Lipinski definition) is 2. The average molecular weight is 315 g/mol. The molecule has 3 N–H and O–H groups in total. The second kappa shape index (κ2) is 7.45. The summed E-state index contributed by atoms with van der Waals surface area (Å²) in [6.45, 7) is 2.81. The molecule has 1 heterocycles. The molecule has 126 valence electrons. The van der Waals surface area contributed by atoms with Crippen molar-refractivity contribution in [1.82, 2.24) is 10.2 Å². The normalized spacial score (nSPS) is 22.8. The number of nitrogens with zero attached hydrogens (tertiary/aromatic N) is 1. The second-order valence-electron chi connectivity index (χ2n) is 7.19. The highest BCUT2D eigenvalue weighted by Crippen LogP contribution is 2.27. The van der Waals surface area contributed by atoms with Crippen molar-refractivity contribution in [1.29, 1.82) is 0 Å². The molecule has 1 saturated heterocycles. The van der Waals surface area contributed by atoms with Crippen LogP contribution >= 0.6 is 0 Å². The van der Waals surface area contributed by atoms with E-state index in [0.717, 1.165) is 32.5 Å². The third-order valence-corrected chi connectivity index (χ3v) is 5.52. The van der Waals surface area contributed by atoms with Crippen LogP contribution in [0.25, 0.3) is 0 Å². The number of carbonyl (C=O) groups is 1. The van der Waals surface area contributed by atoms with Gasteiger partial charge in [-0.2, -0.15) is 0 Å². The first-order valence-corrected chi connectivity index (χ1v) is 9.02. The third kappa shape index (κ3) is 4.12. The van der Waals surface area contributed by atoms with Gasteiger partial charge in [-0.25, -0.2) is 0 Å². The maximum absolute atomic E-state index is 12.2. The van der Waals surface area contributed by atoms with E-state index in [0.29, 0.717) is 6.04 Å². The zero-order valence-corrected chi connectivity index (χ0v) is 14.0. The Labute approximate surface area is 139 Å². The van der Waals surface area contributed by atoms with Crippen LogP contribution in [0, 0.1) is 0 Å². The summed E-state index contributed by atoms with van der Waals surface area (Å²) in [4.78, 5) is 14.6. The second-order valence-corrected chi connectivity index (χ2v) is 7.19. The molecule has 2 aliphatic rings. The summed E-state index contributed by atoms with van der Waals surface area (Å²) in [5, 5.41) is 3.65. The van der Waals surface area contributed by atoms with Gasteiger partial charge in [0.05, 0.1) is 0 Å². The minimum absolute atomic E-state index is 0.164. The average Bonchev–Trinajstić information content (AvgIpc) is 2.58. The van der Waals surface area contributed by atoms with Gasteiger partial charge in [-0.1, -0.05) is 49.6 Å². The fourth-order valence-corrected chi connectivity index (χ4v) is 4.03. The molecule has 1 aromatic carbocycles. The topological polar surface area (TPSA) is 58.4 Å². The SMILES string of the molecule is NC(=O)C1(NC2CCCCC2)CCN(Cc2ccccc2)CC1. The summed E-state index contributed by atoms with van der Waals surface area (Å²) in [5.74, 6) is -0.164. The number of carbonyl (C=O) groups excluding carboxylic acids is 1. The van der Waals surface area contributed by atoms with Crippen molar-refractivity contribution in [2.24, 2.45) is 5.73 Å². The lowest BCUT2D eigenvalue weighted by Gasteiger charge is -2.43. The van der Waals surface area contributed by atoms with E-state index >= 15 is 0 Å². The summed E-state index contributed by atoms with van der Waals surface area (Å²) >= 11 is 0. The minimum Gasteiger partial charge on any atom is -0.368 e. The van der Waals surface area contributed by atoms with Crippen molar-refractivity contribution < 1.29 is 4.79 Å². The molecule has 23 heavy (non-hydrogen) atoms. The van der Waals surface area contributed by atoms with Gasteiger partial charge in [0.2, 0.25) is 5.91 Å². The van der Waals surface area contributed by atoms with Gasteiger partial charge in [0.25, 0.3) is 0 Å².